The van der Waals surface area contributed by atoms with Gasteiger partial charge in [-0.3, -0.25) is 0 Å². The molecule has 4 saturated carbocycles. The predicted octanol–water partition coefficient (Wildman–Crippen LogP) is 3.21. The standard InChI is InChI=1S/C14H20ClNO/c15-13(6-16)7-17-8-14-11-2-9-1-10(4-11)5-12(14)3-9/h9-14H,1-5,7-8H2. The minimum atomic E-state index is -0.480. The van der Waals surface area contributed by atoms with Gasteiger partial charge in [0.25, 0.3) is 0 Å². The van der Waals surface area contributed by atoms with Crippen molar-refractivity contribution in [1.82, 2.24) is 0 Å². The van der Waals surface area contributed by atoms with Crippen LogP contribution in [0.4, 0.5) is 0 Å². The largest absolute Gasteiger partial charge is 0.379 e. The van der Waals surface area contributed by atoms with E-state index in [9.17, 15) is 0 Å². The normalized spacial score (nSPS) is 44.6. The molecule has 0 amide bonds. The summed E-state index contributed by atoms with van der Waals surface area (Å²) >= 11 is 5.75. The van der Waals surface area contributed by atoms with E-state index in [0.717, 1.165) is 36.2 Å². The molecule has 2 nitrogen and oxygen atoms in total. The van der Waals surface area contributed by atoms with E-state index in [4.69, 9.17) is 21.6 Å². The zero-order valence-corrected chi connectivity index (χ0v) is 10.9. The van der Waals surface area contributed by atoms with Crippen molar-refractivity contribution in [3.63, 3.8) is 0 Å². The summed E-state index contributed by atoms with van der Waals surface area (Å²) in [7, 11) is 0. The topological polar surface area (TPSA) is 33.0 Å². The fraction of sp³-hybridized carbons (Fsp3) is 0.929. The lowest BCUT2D eigenvalue weighted by Crippen LogP contribution is -2.46. The Morgan fingerprint density at radius 3 is 2.24 bits per heavy atom. The first-order valence-electron chi connectivity index (χ1n) is 6.87. The number of alkyl halides is 1. The summed E-state index contributed by atoms with van der Waals surface area (Å²) in [6.07, 6.45) is 7.24. The highest BCUT2D eigenvalue weighted by molar-refractivity contribution is 6.22. The summed E-state index contributed by atoms with van der Waals surface area (Å²) < 4.78 is 5.66. The van der Waals surface area contributed by atoms with Gasteiger partial charge in [-0.25, -0.2) is 0 Å². The highest BCUT2D eigenvalue weighted by atomic mass is 35.5. The Morgan fingerprint density at radius 2 is 1.71 bits per heavy atom. The fourth-order valence-corrected chi connectivity index (χ4v) is 4.74. The van der Waals surface area contributed by atoms with Crippen molar-refractivity contribution in [2.75, 3.05) is 13.2 Å². The maximum Gasteiger partial charge on any atom is 0.143 e. The molecular formula is C14H20ClNO. The number of nitriles is 1. The van der Waals surface area contributed by atoms with E-state index in [2.05, 4.69) is 0 Å². The molecule has 94 valence electrons. The Hall–Kier alpha value is -0.260. The zero-order valence-electron chi connectivity index (χ0n) is 10.1. The molecule has 4 bridgehead atoms. The van der Waals surface area contributed by atoms with Crippen LogP contribution in [0.1, 0.15) is 32.1 Å². The van der Waals surface area contributed by atoms with Gasteiger partial charge in [0.15, 0.2) is 0 Å². The van der Waals surface area contributed by atoms with Crippen molar-refractivity contribution in [2.45, 2.75) is 37.5 Å². The van der Waals surface area contributed by atoms with Gasteiger partial charge in [-0.1, -0.05) is 0 Å². The van der Waals surface area contributed by atoms with Gasteiger partial charge in [0.05, 0.1) is 19.3 Å². The lowest BCUT2D eigenvalue weighted by molar-refractivity contribution is -0.0706. The van der Waals surface area contributed by atoms with Gasteiger partial charge in [0, 0.05) is 0 Å². The third kappa shape index (κ3) is 2.33. The molecule has 0 radical (unpaired) electrons. The fourth-order valence-electron chi connectivity index (χ4n) is 4.65. The molecule has 4 fully saturated rings. The summed E-state index contributed by atoms with van der Waals surface area (Å²) in [5, 5.41) is 8.13. The molecule has 0 aliphatic heterocycles. The Kier molecular flexibility index (Phi) is 3.32. The Labute approximate surface area is 108 Å². The maximum atomic E-state index is 8.61. The van der Waals surface area contributed by atoms with Crippen molar-refractivity contribution in [3.8, 4) is 6.07 Å². The van der Waals surface area contributed by atoms with Gasteiger partial charge in [0.2, 0.25) is 0 Å². The third-order valence-electron chi connectivity index (χ3n) is 5.14. The van der Waals surface area contributed by atoms with Crippen LogP contribution in [0.15, 0.2) is 0 Å². The molecule has 3 heteroatoms. The zero-order chi connectivity index (χ0) is 11.8. The van der Waals surface area contributed by atoms with Crippen molar-refractivity contribution in [2.24, 2.45) is 29.6 Å². The molecule has 0 N–H and O–H groups in total. The number of halogens is 1. The molecule has 17 heavy (non-hydrogen) atoms. The van der Waals surface area contributed by atoms with E-state index >= 15 is 0 Å². The minimum Gasteiger partial charge on any atom is -0.379 e. The molecular weight excluding hydrogens is 234 g/mol. The van der Waals surface area contributed by atoms with Gasteiger partial charge in [-0.2, -0.15) is 5.26 Å². The molecule has 0 spiro atoms. The number of nitrogens with zero attached hydrogens (tertiary/aromatic N) is 1. The van der Waals surface area contributed by atoms with Crippen LogP contribution < -0.4 is 0 Å². The van der Waals surface area contributed by atoms with Gasteiger partial charge in [-0.05, 0) is 61.7 Å². The lowest BCUT2D eigenvalue weighted by Gasteiger charge is -2.54. The van der Waals surface area contributed by atoms with Crippen LogP contribution in [-0.2, 0) is 4.74 Å². The van der Waals surface area contributed by atoms with Crippen LogP contribution in [0.25, 0.3) is 0 Å². The number of ether oxygens (including phenoxy) is 1. The lowest BCUT2D eigenvalue weighted by atomic mass is 9.52. The van der Waals surface area contributed by atoms with E-state index in [1.54, 1.807) is 0 Å². The molecule has 0 aromatic heterocycles. The molecule has 1 unspecified atom stereocenters. The average Bonchev–Trinajstić information content (AvgIpc) is 2.31. The molecule has 0 saturated heterocycles. The molecule has 4 aliphatic rings. The number of rotatable bonds is 4. The smallest absolute Gasteiger partial charge is 0.143 e. The van der Waals surface area contributed by atoms with Gasteiger partial charge in [-0.15, -0.1) is 11.6 Å². The second-order valence-electron chi connectivity index (χ2n) is 6.23. The third-order valence-corrected chi connectivity index (χ3v) is 5.36. The molecule has 0 aromatic carbocycles. The second-order valence-corrected chi connectivity index (χ2v) is 6.76. The van der Waals surface area contributed by atoms with Gasteiger partial charge < -0.3 is 4.74 Å². The van der Waals surface area contributed by atoms with E-state index in [-0.39, 0.29) is 0 Å². The number of hydrogen-bond acceptors (Lipinski definition) is 2. The summed E-state index contributed by atoms with van der Waals surface area (Å²) in [6, 6.07) is 2.01. The molecule has 0 aromatic rings. The summed E-state index contributed by atoms with van der Waals surface area (Å²) in [5.41, 5.74) is 0. The van der Waals surface area contributed by atoms with E-state index in [1.165, 1.54) is 32.1 Å². The van der Waals surface area contributed by atoms with Crippen LogP contribution in [-0.4, -0.2) is 18.6 Å². The summed E-state index contributed by atoms with van der Waals surface area (Å²) in [6.45, 7) is 1.22. The molecule has 4 aliphatic carbocycles. The monoisotopic (exact) mass is 253 g/mol. The Morgan fingerprint density at radius 1 is 1.12 bits per heavy atom. The van der Waals surface area contributed by atoms with E-state index < -0.39 is 5.38 Å². The summed E-state index contributed by atoms with van der Waals surface area (Å²) in [5.74, 6) is 4.61. The Balaban J connectivity index is 1.53. The average molecular weight is 254 g/mol. The first-order chi connectivity index (χ1) is 8.26. The quantitative estimate of drug-likeness (QED) is 0.721. The van der Waals surface area contributed by atoms with Gasteiger partial charge >= 0.3 is 0 Å². The SMILES string of the molecule is N#CC(Cl)COCC1C2CC3CC(C2)CC1C3. The van der Waals surface area contributed by atoms with Gasteiger partial charge in [0.1, 0.15) is 5.38 Å². The van der Waals surface area contributed by atoms with Crippen molar-refractivity contribution >= 4 is 11.6 Å². The molecule has 0 heterocycles. The van der Waals surface area contributed by atoms with Crippen molar-refractivity contribution in [1.29, 1.82) is 5.26 Å². The highest BCUT2D eigenvalue weighted by Crippen LogP contribution is 2.56. The van der Waals surface area contributed by atoms with Crippen molar-refractivity contribution in [3.05, 3.63) is 0 Å². The highest BCUT2D eigenvalue weighted by Gasteiger charge is 2.47. The van der Waals surface area contributed by atoms with Crippen LogP contribution in [0.2, 0.25) is 0 Å². The van der Waals surface area contributed by atoms with Crippen LogP contribution in [0, 0.1) is 40.9 Å². The van der Waals surface area contributed by atoms with Crippen LogP contribution in [0.3, 0.4) is 0 Å². The second kappa shape index (κ2) is 4.78. The molecule has 1 atom stereocenters. The predicted molar refractivity (Wildman–Crippen MR) is 66.6 cm³/mol. The number of hydrogen-bond donors (Lipinski definition) is 0. The van der Waals surface area contributed by atoms with Crippen LogP contribution in [0.5, 0.6) is 0 Å². The maximum absolute atomic E-state index is 8.61. The first-order valence-corrected chi connectivity index (χ1v) is 7.31. The Bertz CT molecular complexity index is 297. The first kappa shape index (κ1) is 11.8. The summed E-state index contributed by atoms with van der Waals surface area (Å²) in [4.78, 5) is 0. The molecule has 4 rings (SSSR count). The minimum absolute atomic E-state index is 0.390. The van der Waals surface area contributed by atoms with Crippen LogP contribution >= 0.6 is 11.6 Å². The van der Waals surface area contributed by atoms with Crippen molar-refractivity contribution < 1.29 is 4.74 Å². The van der Waals surface area contributed by atoms with E-state index in [1.807, 2.05) is 6.07 Å². The van der Waals surface area contributed by atoms with E-state index in [0.29, 0.717) is 6.61 Å².